The summed E-state index contributed by atoms with van der Waals surface area (Å²) in [4.78, 5) is 10.4. The Morgan fingerprint density at radius 1 is 0.442 bits per heavy atom. The molecule has 7 aromatic carbocycles. The molecule has 0 radical (unpaired) electrons. The molecule has 2 heterocycles. The van der Waals surface area contributed by atoms with E-state index in [2.05, 4.69) is 121 Å². The van der Waals surface area contributed by atoms with E-state index in [-0.39, 0.29) is 0 Å². The van der Waals surface area contributed by atoms with Crippen molar-refractivity contribution in [1.29, 1.82) is 0 Å². The van der Waals surface area contributed by atoms with Crippen LogP contribution in [0.1, 0.15) is 0 Å². The molecule has 0 fully saturated rings. The van der Waals surface area contributed by atoms with Crippen LogP contribution in [0.25, 0.3) is 88.2 Å². The zero-order valence-electron chi connectivity index (χ0n) is 23.2. The lowest BCUT2D eigenvalue weighted by atomic mass is 9.95. The van der Waals surface area contributed by atoms with Gasteiger partial charge in [-0.25, -0.2) is 9.97 Å². The average Bonchev–Trinajstić information content (AvgIpc) is 3.47. The molecule has 0 spiro atoms. The first-order valence-electron chi connectivity index (χ1n) is 14.5. The second-order valence-corrected chi connectivity index (χ2v) is 11.0. The summed E-state index contributed by atoms with van der Waals surface area (Å²) in [6.45, 7) is 0. The molecule has 9 rings (SSSR count). The number of rotatable bonds is 3. The molecule has 0 unspecified atom stereocenters. The van der Waals surface area contributed by atoms with E-state index in [1.165, 1.54) is 21.7 Å². The fourth-order valence-electron chi connectivity index (χ4n) is 6.45. The summed E-state index contributed by atoms with van der Waals surface area (Å²) >= 11 is 0. The van der Waals surface area contributed by atoms with Crippen molar-refractivity contribution < 1.29 is 4.42 Å². The Bertz CT molecular complexity index is 2510. The highest BCUT2D eigenvalue weighted by Crippen LogP contribution is 2.43. The van der Waals surface area contributed by atoms with Crippen LogP contribution in [0, 0.1) is 0 Å². The highest BCUT2D eigenvalue weighted by atomic mass is 16.3. The lowest BCUT2D eigenvalue weighted by Crippen LogP contribution is -1.96. The second kappa shape index (κ2) is 9.37. The summed E-state index contributed by atoms with van der Waals surface area (Å²) in [6, 6.07) is 50.7. The number of hydrogen-bond acceptors (Lipinski definition) is 3. The van der Waals surface area contributed by atoms with Gasteiger partial charge in [0, 0.05) is 27.1 Å². The van der Waals surface area contributed by atoms with Gasteiger partial charge in [0.05, 0.1) is 16.8 Å². The van der Waals surface area contributed by atoms with E-state index >= 15 is 0 Å². The van der Waals surface area contributed by atoms with E-state index in [9.17, 15) is 0 Å². The minimum Gasteiger partial charge on any atom is -0.455 e. The van der Waals surface area contributed by atoms with Gasteiger partial charge in [0.15, 0.2) is 5.82 Å². The molecule has 43 heavy (non-hydrogen) atoms. The molecule has 200 valence electrons. The number of furan rings is 1. The largest absolute Gasteiger partial charge is 0.455 e. The van der Waals surface area contributed by atoms with Crippen LogP contribution in [0.4, 0.5) is 0 Å². The first-order chi connectivity index (χ1) is 21.3. The van der Waals surface area contributed by atoms with E-state index in [0.29, 0.717) is 5.82 Å². The van der Waals surface area contributed by atoms with E-state index in [0.717, 1.165) is 60.6 Å². The van der Waals surface area contributed by atoms with Crippen LogP contribution in [0.15, 0.2) is 150 Å². The summed E-state index contributed by atoms with van der Waals surface area (Å²) in [5.74, 6) is 0.651. The summed E-state index contributed by atoms with van der Waals surface area (Å²) in [5, 5.41) is 7.96. The molecule has 2 aromatic heterocycles. The quantitative estimate of drug-likeness (QED) is 0.206. The topological polar surface area (TPSA) is 38.9 Å². The number of para-hydroxylation sites is 2. The van der Waals surface area contributed by atoms with Gasteiger partial charge in [-0.2, -0.15) is 0 Å². The van der Waals surface area contributed by atoms with E-state index in [4.69, 9.17) is 14.4 Å². The maximum atomic E-state index is 6.65. The lowest BCUT2D eigenvalue weighted by molar-refractivity contribution is 0.670. The van der Waals surface area contributed by atoms with Crippen LogP contribution in [0.3, 0.4) is 0 Å². The number of aromatic nitrogens is 2. The molecule has 0 N–H and O–H groups in total. The monoisotopic (exact) mass is 548 g/mol. The Morgan fingerprint density at radius 3 is 2.05 bits per heavy atom. The standard InChI is InChI=1S/C40H24N2O/c1-2-11-25(12-3-1)27-14-10-15-29(23-27)38-31-17-6-8-19-34(31)41-40(42-38)33-24-28-22-21-26-13-4-5-16-30(26)36(28)37-32-18-7-9-20-35(32)43-39(33)37/h1-24H. The third-order valence-corrected chi connectivity index (χ3v) is 8.44. The van der Waals surface area contributed by atoms with Crippen molar-refractivity contribution in [3.63, 3.8) is 0 Å². The van der Waals surface area contributed by atoms with Gasteiger partial charge in [-0.1, -0.05) is 121 Å². The molecule has 0 aliphatic carbocycles. The molecule has 0 bridgehead atoms. The molecule has 0 amide bonds. The van der Waals surface area contributed by atoms with Crippen molar-refractivity contribution in [1.82, 2.24) is 9.97 Å². The van der Waals surface area contributed by atoms with E-state index in [1.54, 1.807) is 0 Å². The van der Waals surface area contributed by atoms with Crippen LogP contribution < -0.4 is 0 Å². The molecule has 0 aliphatic heterocycles. The van der Waals surface area contributed by atoms with Gasteiger partial charge < -0.3 is 4.42 Å². The van der Waals surface area contributed by atoms with Gasteiger partial charge in [-0.05, 0) is 51.6 Å². The maximum Gasteiger partial charge on any atom is 0.164 e. The SMILES string of the molecule is c1ccc(-c2cccc(-c3nc(-c4cc5ccc6ccccc6c5c5c4oc4ccccc45)nc4ccccc34)c2)cc1. The Labute approximate surface area is 247 Å². The van der Waals surface area contributed by atoms with Crippen molar-refractivity contribution in [2.24, 2.45) is 0 Å². The number of benzene rings is 7. The Kier molecular flexibility index (Phi) is 5.20. The molecule has 0 saturated heterocycles. The minimum atomic E-state index is 0.651. The third-order valence-electron chi connectivity index (χ3n) is 8.44. The summed E-state index contributed by atoms with van der Waals surface area (Å²) < 4.78 is 6.65. The maximum absolute atomic E-state index is 6.65. The van der Waals surface area contributed by atoms with Crippen molar-refractivity contribution >= 4 is 54.4 Å². The number of nitrogens with zero attached hydrogens (tertiary/aromatic N) is 2. The van der Waals surface area contributed by atoms with Crippen molar-refractivity contribution in [2.75, 3.05) is 0 Å². The first-order valence-corrected chi connectivity index (χ1v) is 14.5. The highest BCUT2D eigenvalue weighted by Gasteiger charge is 2.21. The molecule has 3 heteroatoms. The predicted molar refractivity (Wildman–Crippen MR) is 178 cm³/mol. The van der Waals surface area contributed by atoms with Gasteiger partial charge in [-0.15, -0.1) is 0 Å². The fourth-order valence-corrected chi connectivity index (χ4v) is 6.45. The normalized spacial score (nSPS) is 11.7. The van der Waals surface area contributed by atoms with Gasteiger partial charge in [0.2, 0.25) is 0 Å². The number of fused-ring (bicyclic) bond motifs is 8. The Balaban J connectivity index is 1.37. The van der Waals surface area contributed by atoms with Crippen molar-refractivity contribution in [3.05, 3.63) is 146 Å². The highest BCUT2D eigenvalue weighted by molar-refractivity contribution is 6.29. The summed E-state index contributed by atoms with van der Waals surface area (Å²) in [5.41, 5.74) is 7.74. The summed E-state index contributed by atoms with van der Waals surface area (Å²) in [7, 11) is 0. The Hall–Kier alpha value is -5.80. The second-order valence-electron chi connectivity index (χ2n) is 11.0. The minimum absolute atomic E-state index is 0.651. The fraction of sp³-hybridized carbons (Fsp3) is 0. The Morgan fingerprint density at radius 2 is 1.14 bits per heavy atom. The number of hydrogen-bond donors (Lipinski definition) is 0. The predicted octanol–water partition coefficient (Wildman–Crippen LogP) is 10.8. The smallest absolute Gasteiger partial charge is 0.164 e. The van der Waals surface area contributed by atoms with Crippen molar-refractivity contribution in [3.8, 4) is 33.8 Å². The van der Waals surface area contributed by atoms with Crippen LogP contribution in [-0.4, -0.2) is 9.97 Å². The van der Waals surface area contributed by atoms with Crippen LogP contribution in [0.5, 0.6) is 0 Å². The van der Waals surface area contributed by atoms with Crippen LogP contribution >= 0.6 is 0 Å². The molecule has 3 nitrogen and oxygen atoms in total. The lowest BCUT2D eigenvalue weighted by Gasteiger charge is -2.12. The zero-order valence-corrected chi connectivity index (χ0v) is 23.2. The van der Waals surface area contributed by atoms with E-state index < -0.39 is 0 Å². The van der Waals surface area contributed by atoms with Gasteiger partial charge in [0.25, 0.3) is 0 Å². The van der Waals surface area contributed by atoms with Crippen LogP contribution in [-0.2, 0) is 0 Å². The molecule has 9 aromatic rings. The van der Waals surface area contributed by atoms with Crippen molar-refractivity contribution in [2.45, 2.75) is 0 Å². The molecule has 0 atom stereocenters. The van der Waals surface area contributed by atoms with Crippen LogP contribution in [0.2, 0.25) is 0 Å². The summed E-state index contributed by atoms with van der Waals surface area (Å²) in [6.07, 6.45) is 0. The van der Waals surface area contributed by atoms with Gasteiger partial charge >= 0.3 is 0 Å². The first kappa shape index (κ1) is 23.9. The van der Waals surface area contributed by atoms with Gasteiger partial charge in [0.1, 0.15) is 11.2 Å². The average molecular weight is 549 g/mol. The van der Waals surface area contributed by atoms with E-state index in [1.807, 2.05) is 24.3 Å². The van der Waals surface area contributed by atoms with Gasteiger partial charge in [-0.3, -0.25) is 0 Å². The molecular weight excluding hydrogens is 524 g/mol. The zero-order chi connectivity index (χ0) is 28.3. The third kappa shape index (κ3) is 3.75. The molecule has 0 aliphatic rings. The molecule has 0 saturated carbocycles. The molecular formula is C40H24N2O.